The van der Waals surface area contributed by atoms with Crippen molar-refractivity contribution in [2.24, 2.45) is 5.73 Å². The Morgan fingerprint density at radius 2 is 1.87 bits per heavy atom. The van der Waals surface area contributed by atoms with Crippen molar-refractivity contribution in [2.75, 3.05) is 19.8 Å². The Hall–Kier alpha value is -1.75. The summed E-state index contributed by atoms with van der Waals surface area (Å²) in [6.07, 6.45) is 4.49. The van der Waals surface area contributed by atoms with E-state index in [1.54, 1.807) is 13.8 Å². The predicted octanol–water partition coefficient (Wildman–Crippen LogP) is 2.12. The lowest BCUT2D eigenvalue weighted by atomic mass is 9.78. The Kier molecular flexibility index (Phi) is 4.23. The lowest BCUT2D eigenvalue weighted by molar-refractivity contribution is -0.125. The van der Waals surface area contributed by atoms with Crippen LogP contribution in [0.2, 0.25) is 0 Å². The summed E-state index contributed by atoms with van der Waals surface area (Å²) in [7, 11) is 0. The molecule has 1 heterocycles. The summed E-state index contributed by atoms with van der Waals surface area (Å²) >= 11 is 0. The fourth-order valence-electron chi connectivity index (χ4n) is 3.47. The fraction of sp³-hybridized carbons (Fsp3) is 0.611. The van der Waals surface area contributed by atoms with Gasteiger partial charge in [0.2, 0.25) is 5.91 Å². The molecule has 1 fully saturated rings. The van der Waals surface area contributed by atoms with Crippen molar-refractivity contribution in [1.29, 1.82) is 0 Å². The number of fused-ring (bicyclic) bond motifs is 1. The largest absolute Gasteiger partial charge is 0.486 e. The van der Waals surface area contributed by atoms with E-state index in [2.05, 4.69) is 17.4 Å². The molecule has 1 aromatic rings. The smallest absolute Gasteiger partial charge is 0.239 e. The maximum absolute atomic E-state index is 12.1. The maximum atomic E-state index is 12.1. The number of carbonyl (C=O) groups is 1. The Morgan fingerprint density at radius 3 is 2.52 bits per heavy atom. The highest BCUT2D eigenvalue weighted by Crippen LogP contribution is 2.43. The number of carbonyl (C=O) groups excluding carboxylic acids is 1. The van der Waals surface area contributed by atoms with Crippen LogP contribution in [0.1, 0.15) is 45.1 Å². The van der Waals surface area contributed by atoms with Crippen LogP contribution >= 0.6 is 0 Å². The van der Waals surface area contributed by atoms with Crippen LogP contribution in [0.3, 0.4) is 0 Å². The molecule has 0 saturated heterocycles. The van der Waals surface area contributed by atoms with Gasteiger partial charge in [-0.25, -0.2) is 0 Å². The van der Waals surface area contributed by atoms with E-state index in [4.69, 9.17) is 15.2 Å². The lowest BCUT2D eigenvalue weighted by Gasteiger charge is -2.32. The molecular formula is C18H26N2O3. The predicted molar refractivity (Wildman–Crippen MR) is 88.9 cm³/mol. The van der Waals surface area contributed by atoms with Gasteiger partial charge in [0.05, 0.1) is 5.54 Å². The molecule has 0 aromatic heterocycles. The van der Waals surface area contributed by atoms with Crippen LogP contribution < -0.4 is 20.5 Å². The molecule has 23 heavy (non-hydrogen) atoms. The third-order valence-corrected chi connectivity index (χ3v) is 4.89. The van der Waals surface area contributed by atoms with Crippen LogP contribution in [0.5, 0.6) is 11.5 Å². The number of hydrogen-bond donors (Lipinski definition) is 2. The summed E-state index contributed by atoms with van der Waals surface area (Å²) < 4.78 is 11.3. The van der Waals surface area contributed by atoms with Crippen molar-refractivity contribution in [2.45, 2.75) is 50.5 Å². The zero-order valence-corrected chi connectivity index (χ0v) is 14.0. The molecule has 0 unspecified atom stereocenters. The van der Waals surface area contributed by atoms with E-state index >= 15 is 0 Å². The first kappa shape index (κ1) is 16.1. The molecule has 0 bridgehead atoms. The topological polar surface area (TPSA) is 73.6 Å². The van der Waals surface area contributed by atoms with Gasteiger partial charge in [-0.1, -0.05) is 18.9 Å². The third kappa shape index (κ3) is 3.29. The average Bonchev–Trinajstić information content (AvgIpc) is 3.01. The number of nitrogens with one attached hydrogen (secondary N) is 1. The van der Waals surface area contributed by atoms with Gasteiger partial charge >= 0.3 is 0 Å². The summed E-state index contributed by atoms with van der Waals surface area (Å²) in [5.74, 6) is 1.51. The summed E-state index contributed by atoms with van der Waals surface area (Å²) in [6.45, 7) is 5.26. The Labute approximate surface area is 137 Å². The van der Waals surface area contributed by atoms with Crippen LogP contribution in [0.15, 0.2) is 18.2 Å². The zero-order chi connectivity index (χ0) is 16.5. The number of hydrogen-bond acceptors (Lipinski definition) is 4. The van der Waals surface area contributed by atoms with Gasteiger partial charge in [0.25, 0.3) is 0 Å². The van der Waals surface area contributed by atoms with Crippen molar-refractivity contribution in [3.05, 3.63) is 23.8 Å². The summed E-state index contributed by atoms with van der Waals surface area (Å²) in [5, 5.41) is 3.05. The average molecular weight is 318 g/mol. The van der Waals surface area contributed by atoms with Crippen molar-refractivity contribution >= 4 is 5.91 Å². The van der Waals surface area contributed by atoms with Crippen LogP contribution in [-0.4, -0.2) is 31.2 Å². The van der Waals surface area contributed by atoms with Crippen LogP contribution in [-0.2, 0) is 10.2 Å². The van der Waals surface area contributed by atoms with Crippen LogP contribution in [0, 0.1) is 0 Å². The maximum Gasteiger partial charge on any atom is 0.239 e. The highest BCUT2D eigenvalue weighted by Gasteiger charge is 2.37. The summed E-state index contributed by atoms with van der Waals surface area (Å²) in [5.41, 5.74) is 6.22. The SMILES string of the molecule is CC(C)(N)C(=O)NCC1(c2ccc3c(c2)OCCO3)CCCC1. The van der Waals surface area contributed by atoms with Gasteiger partial charge < -0.3 is 20.5 Å². The molecule has 1 aromatic carbocycles. The number of rotatable bonds is 4. The van der Waals surface area contributed by atoms with Crippen LogP contribution in [0.25, 0.3) is 0 Å². The monoisotopic (exact) mass is 318 g/mol. The van der Waals surface area contributed by atoms with Crippen molar-refractivity contribution in [3.8, 4) is 11.5 Å². The minimum Gasteiger partial charge on any atom is -0.486 e. The molecule has 3 rings (SSSR count). The zero-order valence-electron chi connectivity index (χ0n) is 14.0. The van der Waals surface area contributed by atoms with E-state index in [-0.39, 0.29) is 11.3 Å². The molecule has 3 N–H and O–H groups in total. The number of amides is 1. The second-order valence-electron chi connectivity index (χ2n) is 7.25. The quantitative estimate of drug-likeness (QED) is 0.892. The van der Waals surface area contributed by atoms with Gasteiger partial charge in [-0.3, -0.25) is 4.79 Å². The van der Waals surface area contributed by atoms with Crippen molar-refractivity contribution < 1.29 is 14.3 Å². The first-order chi connectivity index (χ1) is 10.9. The molecule has 0 spiro atoms. The fourth-order valence-corrected chi connectivity index (χ4v) is 3.47. The van der Waals surface area contributed by atoms with Gasteiger partial charge in [0.15, 0.2) is 11.5 Å². The highest BCUT2D eigenvalue weighted by atomic mass is 16.6. The third-order valence-electron chi connectivity index (χ3n) is 4.89. The standard InChI is InChI=1S/C18H26N2O3/c1-17(2,19)16(21)20-12-18(7-3-4-8-18)13-5-6-14-15(11-13)23-10-9-22-14/h5-6,11H,3-4,7-10,12,19H2,1-2H3,(H,20,21). The molecule has 1 amide bonds. The molecule has 1 saturated carbocycles. The van der Waals surface area contributed by atoms with Crippen molar-refractivity contribution in [1.82, 2.24) is 5.32 Å². The minimum atomic E-state index is -0.855. The minimum absolute atomic E-state index is 0.0310. The van der Waals surface area contributed by atoms with Gasteiger partial charge in [-0.2, -0.15) is 0 Å². The second kappa shape index (κ2) is 6.04. The number of ether oxygens (including phenoxy) is 2. The first-order valence-corrected chi connectivity index (χ1v) is 8.38. The van der Waals surface area contributed by atoms with E-state index < -0.39 is 5.54 Å². The molecule has 1 aliphatic heterocycles. The number of nitrogens with two attached hydrogens (primary N) is 1. The molecule has 126 valence electrons. The Morgan fingerprint density at radius 1 is 1.22 bits per heavy atom. The van der Waals surface area contributed by atoms with E-state index in [1.165, 1.54) is 18.4 Å². The molecule has 2 aliphatic rings. The van der Waals surface area contributed by atoms with E-state index in [9.17, 15) is 4.79 Å². The Balaban J connectivity index is 1.82. The normalized spacial score (nSPS) is 19.4. The molecule has 0 radical (unpaired) electrons. The summed E-state index contributed by atoms with van der Waals surface area (Å²) in [6, 6.07) is 6.18. The highest BCUT2D eigenvalue weighted by molar-refractivity contribution is 5.85. The molecule has 1 aliphatic carbocycles. The summed E-state index contributed by atoms with van der Waals surface area (Å²) in [4.78, 5) is 12.1. The van der Waals surface area contributed by atoms with E-state index in [0.29, 0.717) is 19.8 Å². The molecule has 5 nitrogen and oxygen atoms in total. The Bertz CT molecular complexity index is 586. The van der Waals surface area contributed by atoms with E-state index in [0.717, 1.165) is 24.3 Å². The van der Waals surface area contributed by atoms with Crippen molar-refractivity contribution in [3.63, 3.8) is 0 Å². The van der Waals surface area contributed by atoms with Gasteiger partial charge in [0, 0.05) is 12.0 Å². The first-order valence-electron chi connectivity index (χ1n) is 8.38. The van der Waals surface area contributed by atoms with Gasteiger partial charge in [-0.05, 0) is 44.4 Å². The molecular weight excluding hydrogens is 292 g/mol. The van der Waals surface area contributed by atoms with E-state index in [1.807, 2.05) is 6.07 Å². The molecule has 5 heteroatoms. The molecule has 0 atom stereocenters. The lowest BCUT2D eigenvalue weighted by Crippen LogP contribution is -2.52. The van der Waals surface area contributed by atoms with Gasteiger partial charge in [0.1, 0.15) is 13.2 Å². The second-order valence-corrected chi connectivity index (χ2v) is 7.25. The number of benzene rings is 1. The van der Waals surface area contributed by atoms with Crippen LogP contribution in [0.4, 0.5) is 0 Å². The van der Waals surface area contributed by atoms with Gasteiger partial charge in [-0.15, -0.1) is 0 Å².